The molecule has 1 aliphatic rings. The summed E-state index contributed by atoms with van der Waals surface area (Å²) in [7, 11) is 0. The molecular weight excluding hydrogens is 244 g/mol. The van der Waals surface area contributed by atoms with Crippen molar-refractivity contribution in [2.24, 2.45) is 5.92 Å². The molecule has 0 aromatic heterocycles. The summed E-state index contributed by atoms with van der Waals surface area (Å²) in [5.74, 6) is 0.661. The van der Waals surface area contributed by atoms with Gasteiger partial charge in [0.2, 0.25) is 0 Å². The second kappa shape index (κ2) is 6.17. The lowest BCUT2D eigenvalue weighted by Gasteiger charge is -2.50. The second-order valence-corrected chi connectivity index (χ2v) is 6.59. The Balaban J connectivity index is 2.35. The van der Waals surface area contributed by atoms with Gasteiger partial charge in [0.25, 0.3) is 0 Å². The first kappa shape index (κ1) is 15.4. The monoisotopic (exact) mass is 274 g/mol. The first-order chi connectivity index (χ1) is 9.53. The molecule has 0 radical (unpaired) electrons. The van der Waals surface area contributed by atoms with Crippen molar-refractivity contribution in [3.63, 3.8) is 0 Å². The highest BCUT2D eigenvalue weighted by molar-refractivity contribution is 5.55. The van der Waals surface area contributed by atoms with Crippen LogP contribution in [0, 0.1) is 12.8 Å². The minimum atomic E-state index is 0.271. The van der Waals surface area contributed by atoms with E-state index in [-0.39, 0.29) is 5.54 Å². The van der Waals surface area contributed by atoms with Crippen LogP contribution in [0.25, 0.3) is 0 Å². The van der Waals surface area contributed by atoms with Crippen LogP contribution >= 0.6 is 0 Å². The average Bonchev–Trinajstić information content (AvgIpc) is 2.47. The summed E-state index contributed by atoms with van der Waals surface area (Å²) in [6.45, 7) is 13.7. The number of para-hydroxylation sites is 1. The van der Waals surface area contributed by atoms with Gasteiger partial charge in [0.1, 0.15) is 0 Å². The highest BCUT2D eigenvalue weighted by Crippen LogP contribution is 2.31. The van der Waals surface area contributed by atoms with Crippen LogP contribution < -0.4 is 10.2 Å². The van der Waals surface area contributed by atoms with Crippen molar-refractivity contribution in [3.05, 3.63) is 29.8 Å². The van der Waals surface area contributed by atoms with E-state index in [4.69, 9.17) is 0 Å². The minimum Gasteiger partial charge on any atom is -0.365 e. The van der Waals surface area contributed by atoms with E-state index in [1.54, 1.807) is 0 Å². The molecule has 2 heteroatoms. The van der Waals surface area contributed by atoms with Crippen molar-refractivity contribution in [1.29, 1.82) is 0 Å². The SMILES string of the molecule is CCC1(CC)CN(c2ccccc2C)C(C(C)C)CN1. The summed E-state index contributed by atoms with van der Waals surface area (Å²) in [5, 5.41) is 3.84. The molecule has 2 nitrogen and oxygen atoms in total. The van der Waals surface area contributed by atoms with Gasteiger partial charge in [-0.25, -0.2) is 0 Å². The van der Waals surface area contributed by atoms with Gasteiger partial charge in [-0.15, -0.1) is 0 Å². The van der Waals surface area contributed by atoms with Crippen LogP contribution in [0.2, 0.25) is 0 Å². The van der Waals surface area contributed by atoms with E-state index in [1.807, 2.05) is 0 Å². The van der Waals surface area contributed by atoms with Crippen LogP contribution in [0.15, 0.2) is 24.3 Å². The van der Waals surface area contributed by atoms with E-state index in [0.29, 0.717) is 12.0 Å². The first-order valence-electron chi connectivity index (χ1n) is 8.10. The zero-order valence-electron chi connectivity index (χ0n) is 13.7. The van der Waals surface area contributed by atoms with Gasteiger partial charge in [-0.1, -0.05) is 45.9 Å². The lowest BCUT2D eigenvalue weighted by atomic mass is 9.85. The Labute approximate surface area is 124 Å². The average molecular weight is 274 g/mol. The molecule has 112 valence electrons. The number of anilines is 1. The maximum absolute atomic E-state index is 3.84. The number of hydrogen-bond acceptors (Lipinski definition) is 2. The molecule has 0 aliphatic carbocycles. The highest BCUT2D eigenvalue weighted by Gasteiger charge is 2.38. The summed E-state index contributed by atoms with van der Waals surface area (Å²) in [6, 6.07) is 9.40. The van der Waals surface area contributed by atoms with E-state index in [9.17, 15) is 0 Å². The molecular formula is C18H30N2. The molecule has 1 heterocycles. The predicted molar refractivity (Wildman–Crippen MR) is 88.5 cm³/mol. The van der Waals surface area contributed by atoms with Crippen LogP contribution in [0.3, 0.4) is 0 Å². The lowest BCUT2D eigenvalue weighted by molar-refractivity contribution is 0.227. The topological polar surface area (TPSA) is 15.3 Å². The van der Waals surface area contributed by atoms with E-state index in [2.05, 4.69) is 69.1 Å². The Kier molecular flexibility index (Phi) is 4.74. The van der Waals surface area contributed by atoms with Crippen LogP contribution in [-0.2, 0) is 0 Å². The van der Waals surface area contributed by atoms with Gasteiger partial charge in [0.15, 0.2) is 0 Å². The number of hydrogen-bond donors (Lipinski definition) is 1. The van der Waals surface area contributed by atoms with E-state index in [1.165, 1.54) is 24.1 Å². The third kappa shape index (κ3) is 2.85. The number of nitrogens with zero attached hydrogens (tertiary/aromatic N) is 1. The normalized spacial score (nSPS) is 22.3. The molecule has 0 spiro atoms. The second-order valence-electron chi connectivity index (χ2n) is 6.59. The molecule has 1 aromatic rings. The summed E-state index contributed by atoms with van der Waals surface area (Å²) in [4.78, 5) is 2.66. The fourth-order valence-electron chi connectivity index (χ4n) is 3.40. The van der Waals surface area contributed by atoms with Gasteiger partial charge < -0.3 is 10.2 Å². The number of piperazine rings is 1. The van der Waals surface area contributed by atoms with Gasteiger partial charge in [0, 0.05) is 30.4 Å². The zero-order valence-corrected chi connectivity index (χ0v) is 13.7. The first-order valence-corrected chi connectivity index (χ1v) is 8.10. The quantitative estimate of drug-likeness (QED) is 0.893. The van der Waals surface area contributed by atoms with Crippen molar-refractivity contribution in [2.75, 3.05) is 18.0 Å². The summed E-state index contributed by atoms with van der Waals surface area (Å²) in [6.07, 6.45) is 2.38. The Morgan fingerprint density at radius 2 is 1.90 bits per heavy atom. The van der Waals surface area contributed by atoms with Gasteiger partial charge in [-0.3, -0.25) is 0 Å². The maximum atomic E-state index is 3.84. The molecule has 1 atom stereocenters. The highest BCUT2D eigenvalue weighted by atomic mass is 15.3. The van der Waals surface area contributed by atoms with Crippen LogP contribution in [0.4, 0.5) is 5.69 Å². The molecule has 2 rings (SSSR count). The Hall–Kier alpha value is -1.02. The van der Waals surface area contributed by atoms with Gasteiger partial charge in [0.05, 0.1) is 0 Å². The molecule has 1 fully saturated rings. The third-order valence-corrected chi connectivity index (χ3v) is 5.11. The third-order valence-electron chi connectivity index (χ3n) is 5.11. The number of benzene rings is 1. The fraction of sp³-hybridized carbons (Fsp3) is 0.667. The molecule has 0 bridgehead atoms. The van der Waals surface area contributed by atoms with Crippen molar-refractivity contribution in [1.82, 2.24) is 5.32 Å². The summed E-state index contributed by atoms with van der Waals surface area (Å²) < 4.78 is 0. The molecule has 20 heavy (non-hydrogen) atoms. The minimum absolute atomic E-state index is 0.271. The zero-order chi connectivity index (χ0) is 14.8. The van der Waals surface area contributed by atoms with Crippen molar-refractivity contribution in [2.45, 2.75) is 59.0 Å². The Bertz CT molecular complexity index is 435. The molecule has 1 aliphatic heterocycles. The van der Waals surface area contributed by atoms with Crippen LogP contribution in [0.5, 0.6) is 0 Å². The van der Waals surface area contributed by atoms with Crippen LogP contribution in [0.1, 0.15) is 46.1 Å². The Morgan fingerprint density at radius 3 is 2.45 bits per heavy atom. The Morgan fingerprint density at radius 1 is 1.25 bits per heavy atom. The summed E-state index contributed by atoms with van der Waals surface area (Å²) >= 11 is 0. The number of rotatable bonds is 4. The van der Waals surface area contributed by atoms with E-state index < -0.39 is 0 Å². The number of nitrogens with one attached hydrogen (secondary N) is 1. The van der Waals surface area contributed by atoms with Crippen molar-refractivity contribution in [3.8, 4) is 0 Å². The lowest BCUT2D eigenvalue weighted by Crippen LogP contribution is -2.65. The van der Waals surface area contributed by atoms with Gasteiger partial charge >= 0.3 is 0 Å². The molecule has 1 aromatic carbocycles. The van der Waals surface area contributed by atoms with Gasteiger partial charge in [-0.05, 0) is 37.3 Å². The molecule has 1 unspecified atom stereocenters. The summed E-state index contributed by atoms with van der Waals surface area (Å²) in [5.41, 5.74) is 3.08. The smallest absolute Gasteiger partial charge is 0.0438 e. The van der Waals surface area contributed by atoms with E-state index >= 15 is 0 Å². The predicted octanol–water partition coefficient (Wildman–Crippen LogP) is 3.99. The standard InChI is InChI=1S/C18H30N2/c1-6-18(7-2)13-20(17(12-19-18)14(3)4)16-11-9-8-10-15(16)5/h8-11,14,17,19H,6-7,12-13H2,1-5H3. The van der Waals surface area contributed by atoms with E-state index in [0.717, 1.165) is 13.1 Å². The molecule has 0 amide bonds. The largest absolute Gasteiger partial charge is 0.365 e. The maximum Gasteiger partial charge on any atom is 0.0438 e. The molecule has 0 saturated carbocycles. The number of aryl methyl sites for hydroxylation is 1. The molecule has 1 saturated heterocycles. The van der Waals surface area contributed by atoms with Crippen molar-refractivity contribution < 1.29 is 0 Å². The molecule has 1 N–H and O–H groups in total. The van der Waals surface area contributed by atoms with Gasteiger partial charge in [-0.2, -0.15) is 0 Å². The van der Waals surface area contributed by atoms with Crippen LogP contribution in [-0.4, -0.2) is 24.7 Å². The van der Waals surface area contributed by atoms with Crippen molar-refractivity contribution >= 4 is 5.69 Å². The fourth-order valence-corrected chi connectivity index (χ4v) is 3.40.